The van der Waals surface area contributed by atoms with Crippen molar-refractivity contribution in [1.29, 1.82) is 0 Å². The van der Waals surface area contributed by atoms with Crippen LogP contribution in [-0.4, -0.2) is 29.6 Å². The van der Waals surface area contributed by atoms with Crippen molar-refractivity contribution in [2.45, 2.75) is 58.0 Å². The van der Waals surface area contributed by atoms with Crippen LogP contribution in [-0.2, 0) is 0 Å². The maximum Gasteiger partial charge on any atom is 0.0150 e. The third-order valence-corrected chi connectivity index (χ3v) is 4.62. The molecule has 0 amide bonds. The molecule has 0 aromatic heterocycles. The Hall–Kier alpha value is -0.0800. The van der Waals surface area contributed by atoms with E-state index in [9.17, 15) is 0 Å². The number of nitrogens with two attached hydrogens (primary N) is 1. The van der Waals surface area contributed by atoms with Crippen molar-refractivity contribution in [2.75, 3.05) is 13.1 Å². The topological polar surface area (TPSA) is 29.3 Å². The zero-order valence-electron chi connectivity index (χ0n) is 9.84. The number of hydrogen-bond donors (Lipinski definition) is 1. The summed E-state index contributed by atoms with van der Waals surface area (Å²) >= 11 is 0. The van der Waals surface area contributed by atoms with E-state index < -0.39 is 0 Å². The second-order valence-electron chi connectivity index (χ2n) is 5.85. The van der Waals surface area contributed by atoms with Gasteiger partial charge in [-0.15, -0.1) is 0 Å². The zero-order valence-corrected chi connectivity index (χ0v) is 9.84. The number of rotatable bonds is 2. The minimum absolute atomic E-state index is 0.371. The Morgan fingerprint density at radius 2 is 2.07 bits per heavy atom. The van der Waals surface area contributed by atoms with Crippen LogP contribution in [0.3, 0.4) is 0 Å². The maximum absolute atomic E-state index is 6.20. The van der Waals surface area contributed by atoms with Crippen LogP contribution in [0.1, 0.15) is 46.5 Å². The van der Waals surface area contributed by atoms with Gasteiger partial charge in [0.15, 0.2) is 0 Å². The molecule has 2 rings (SSSR count). The molecule has 1 unspecified atom stereocenters. The molecule has 0 aromatic rings. The van der Waals surface area contributed by atoms with Gasteiger partial charge < -0.3 is 5.73 Å². The lowest BCUT2D eigenvalue weighted by Crippen LogP contribution is -2.55. The molecule has 82 valence electrons. The third-order valence-electron chi connectivity index (χ3n) is 4.62. The van der Waals surface area contributed by atoms with Crippen molar-refractivity contribution < 1.29 is 0 Å². The second kappa shape index (κ2) is 3.21. The van der Waals surface area contributed by atoms with Gasteiger partial charge in [0, 0.05) is 24.7 Å². The highest BCUT2D eigenvalue weighted by Gasteiger charge is 2.52. The zero-order chi connectivity index (χ0) is 10.4. The van der Waals surface area contributed by atoms with Gasteiger partial charge >= 0.3 is 0 Å². The number of likely N-dealkylation sites (tertiary alicyclic amines) is 1. The Kier molecular flexibility index (Phi) is 2.39. The van der Waals surface area contributed by atoms with Crippen molar-refractivity contribution in [3.8, 4) is 0 Å². The van der Waals surface area contributed by atoms with Crippen LogP contribution >= 0.6 is 0 Å². The molecule has 2 fully saturated rings. The summed E-state index contributed by atoms with van der Waals surface area (Å²) < 4.78 is 0. The van der Waals surface area contributed by atoms with Crippen LogP contribution in [0.2, 0.25) is 0 Å². The molecular formula is C12H24N2. The van der Waals surface area contributed by atoms with Crippen LogP contribution in [0.25, 0.3) is 0 Å². The highest BCUT2D eigenvalue weighted by Crippen LogP contribution is 2.52. The van der Waals surface area contributed by atoms with E-state index in [1.165, 1.54) is 38.8 Å². The van der Waals surface area contributed by atoms with Crippen LogP contribution in [0.5, 0.6) is 0 Å². The molecule has 0 bridgehead atoms. The molecule has 2 aliphatic rings. The van der Waals surface area contributed by atoms with Crippen LogP contribution in [0, 0.1) is 5.41 Å². The first-order valence-corrected chi connectivity index (χ1v) is 6.01. The predicted octanol–water partition coefficient (Wildman–Crippen LogP) is 1.99. The van der Waals surface area contributed by atoms with Gasteiger partial charge in [0.05, 0.1) is 0 Å². The first kappa shape index (κ1) is 10.4. The molecule has 2 heteroatoms. The molecule has 1 atom stereocenters. The molecule has 2 nitrogen and oxygen atoms in total. The molecule has 1 aliphatic carbocycles. The lowest BCUT2D eigenvalue weighted by molar-refractivity contribution is 0.0453. The molecule has 1 heterocycles. The first-order valence-electron chi connectivity index (χ1n) is 6.01. The van der Waals surface area contributed by atoms with Crippen LogP contribution in [0.4, 0.5) is 0 Å². The smallest absolute Gasteiger partial charge is 0.0150 e. The lowest BCUT2D eigenvalue weighted by Gasteiger charge is -2.46. The molecule has 1 saturated carbocycles. The Labute approximate surface area is 87.8 Å². The molecule has 14 heavy (non-hydrogen) atoms. The molecular weight excluding hydrogens is 172 g/mol. The van der Waals surface area contributed by atoms with Gasteiger partial charge in [0.2, 0.25) is 0 Å². The summed E-state index contributed by atoms with van der Waals surface area (Å²) in [6, 6.07) is 0.478. The molecule has 1 saturated heterocycles. The monoisotopic (exact) mass is 196 g/mol. The largest absolute Gasteiger partial charge is 0.327 e. The maximum atomic E-state index is 6.20. The predicted molar refractivity (Wildman–Crippen MR) is 60.2 cm³/mol. The summed E-state index contributed by atoms with van der Waals surface area (Å²) in [5.74, 6) is 0. The minimum Gasteiger partial charge on any atom is -0.327 e. The van der Waals surface area contributed by atoms with Crippen LogP contribution in [0.15, 0.2) is 0 Å². The third kappa shape index (κ3) is 1.59. The Morgan fingerprint density at radius 3 is 2.57 bits per heavy atom. The fourth-order valence-electron chi connectivity index (χ4n) is 2.61. The summed E-state index contributed by atoms with van der Waals surface area (Å²) in [5, 5.41) is 0. The summed E-state index contributed by atoms with van der Waals surface area (Å²) in [5.41, 5.74) is 7.08. The summed E-state index contributed by atoms with van der Waals surface area (Å²) in [4.78, 5) is 2.66. The van der Waals surface area contributed by atoms with Gasteiger partial charge in [-0.1, -0.05) is 6.92 Å². The van der Waals surface area contributed by atoms with E-state index in [0.717, 1.165) is 0 Å². The van der Waals surface area contributed by atoms with Gasteiger partial charge in [-0.3, -0.25) is 4.90 Å². The Balaban J connectivity index is 2.03. The summed E-state index contributed by atoms with van der Waals surface area (Å²) in [7, 11) is 0. The van der Waals surface area contributed by atoms with Crippen molar-refractivity contribution in [3.63, 3.8) is 0 Å². The van der Waals surface area contributed by atoms with Gasteiger partial charge in [0.1, 0.15) is 0 Å². The molecule has 0 aromatic carbocycles. The second-order valence-corrected chi connectivity index (χ2v) is 5.85. The van der Waals surface area contributed by atoms with Gasteiger partial charge in [-0.25, -0.2) is 0 Å². The molecule has 0 radical (unpaired) electrons. The fraction of sp³-hybridized carbons (Fsp3) is 1.00. The number of hydrogen-bond acceptors (Lipinski definition) is 2. The SMILES string of the molecule is CCC(C)(C)N1CCC(N)C2(CC2)C1. The molecule has 1 aliphatic heterocycles. The standard InChI is InChI=1S/C12H24N2/c1-4-11(2,3)14-8-5-10(13)12(9-14)6-7-12/h10H,4-9,13H2,1-3H3. The Bertz CT molecular complexity index is 218. The van der Waals surface area contributed by atoms with E-state index in [0.29, 0.717) is 17.0 Å². The van der Waals surface area contributed by atoms with Crippen molar-refractivity contribution in [3.05, 3.63) is 0 Å². The van der Waals surface area contributed by atoms with E-state index >= 15 is 0 Å². The van der Waals surface area contributed by atoms with Crippen molar-refractivity contribution >= 4 is 0 Å². The van der Waals surface area contributed by atoms with E-state index in [2.05, 4.69) is 25.7 Å². The highest BCUT2D eigenvalue weighted by atomic mass is 15.2. The van der Waals surface area contributed by atoms with Crippen molar-refractivity contribution in [2.24, 2.45) is 11.1 Å². The van der Waals surface area contributed by atoms with E-state index in [1.807, 2.05) is 0 Å². The molecule has 2 N–H and O–H groups in total. The summed E-state index contributed by atoms with van der Waals surface area (Å²) in [6.07, 6.45) is 5.16. The minimum atomic E-state index is 0.371. The van der Waals surface area contributed by atoms with Crippen molar-refractivity contribution in [1.82, 2.24) is 4.90 Å². The normalized spacial score (nSPS) is 32.1. The van der Waals surface area contributed by atoms with E-state index in [4.69, 9.17) is 5.73 Å². The Morgan fingerprint density at radius 1 is 1.43 bits per heavy atom. The summed E-state index contributed by atoms with van der Waals surface area (Å²) in [6.45, 7) is 9.45. The number of piperidine rings is 1. The quantitative estimate of drug-likeness (QED) is 0.732. The first-order chi connectivity index (χ1) is 6.50. The lowest BCUT2D eigenvalue weighted by atomic mass is 9.86. The van der Waals surface area contributed by atoms with Crippen LogP contribution < -0.4 is 5.73 Å². The van der Waals surface area contributed by atoms with Gasteiger partial charge in [-0.05, 0) is 44.9 Å². The number of nitrogens with zero attached hydrogens (tertiary/aromatic N) is 1. The average molecular weight is 196 g/mol. The van der Waals surface area contributed by atoms with E-state index in [-0.39, 0.29) is 0 Å². The van der Waals surface area contributed by atoms with Gasteiger partial charge in [0.25, 0.3) is 0 Å². The van der Waals surface area contributed by atoms with E-state index in [1.54, 1.807) is 0 Å². The highest BCUT2D eigenvalue weighted by molar-refractivity contribution is 5.07. The fourth-order valence-corrected chi connectivity index (χ4v) is 2.61. The van der Waals surface area contributed by atoms with Gasteiger partial charge in [-0.2, -0.15) is 0 Å². The molecule has 1 spiro atoms. The average Bonchev–Trinajstić information content (AvgIpc) is 2.91.